The molecule has 0 aromatic rings. The summed E-state index contributed by atoms with van der Waals surface area (Å²) in [7, 11) is 0. The Morgan fingerprint density at radius 1 is 0.696 bits per heavy atom. The van der Waals surface area contributed by atoms with Gasteiger partial charge in [-0.3, -0.25) is 9.59 Å². The van der Waals surface area contributed by atoms with E-state index in [0.717, 1.165) is 0 Å². The van der Waals surface area contributed by atoms with Crippen molar-refractivity contribution in [3.05, 3.63) is 0 Å². The monoisotopic (exact) mass is 334 g/mol. The fourth-order valence-electron chi connectivity index (χ4n) is 1.33. The minimum absolute atomic E-state index is 0.0256. The van der Waals surface area contributed by atoms with Gasteiger partial charge in [0.1, 0.15) is 13.2 Å². The lowest BCUT2D eigenvalue weighted by Crippen LogP contribution is -2.27. The van der Waals surface area contributed by atoms with Gasteiger partial charge < -0.3 is 23.7 Å². The Bertz CT molecular complexity index is 380. The number of ether oxygens (including phenoxy) is 5. The largest absolute Gasteiger partial charge is 0.461 e. The van der Waals surface area contributed by atoms with Gasteiger partial charge in [-0.15, -0.1) is 0 Å². The van der Waals surface area contributed by atoms with Crippen LogP contribution in [0.2, 0.25) is 0 Å². The summed E-state index contributed by atoms with van der Waals surface area (Å²) in [5.74, 6) is -2.50. The molecule has 0 heterocycles. The van der Waals surface area contributed by atoms with E-state index in [1.165, 1.54) is 27.7 Å². The smallest absolute Gasteiger partial charge is 0.347 e. The summed E-state index contributed by atoms with van der Waals surface area (Å²) in [6.45, 7) is 5.31. The molecule has 0 N–H and O–H groups in total. The molecule has 9 nitrogen and oxygen atoms in total. The first-order chi connectivity index (χ1) is 10.7. The van der Waals surface area contributed by atoms with Crippen molar-refractivity contribution < 1.29 is 42.9 Å². The third-order valence-electron chi connectivity index (χ3n) is 2.29. The van der Waals surface area contributed by atoms with Gasteiger partial charge in [0.05, 0.1) is 13.2 Å². The van der Waals surface area contributed by atoms with Gasteiger partial charge >= 0.3 is 23.9 Å². The van der Waals surface area contributed by atoms with E-state index in [1.807, 2.05) is 0 Å². The van der Waals surface area contributed by atoms with Crippen LogP contribution in [0.25, 0.3) is 0 Å². The number of carbonyl (C=O) groups is 4. The predicted octanol–water partition coefficient (Wildman–Crippen LogP) is -0.00740. The molecule has 0 rings (SSSR count). The quantitative estimate of drug-likeness (QED) is 0.309. The van der Waals surface area contributed by atoms with Crippen LogP contribution in [0.4, 0.5) is 0 Å². The molecule has 0 aliphatic heterocycles. The average molecular weight is 334 g/mol. The van der Waals surface area contributed by atoms with Gasteiger partial charge in [-0.1, -0.05) is 0 Å². The fourth-order valence-corrected chi connectivity index (χ4v) is 1.33. The van der Waals surface area contributed by atoms with Gasteiger partial charge in [0.2, 0.25) is 0 Å². The van der Waals surface area contributed by atoms with E-state index in [1.54, 1.807) is 0 Å². The summed E-state index contributed by atoms with van der Waals surface area (Å²) >= 11 is 0. The van der Waals surface area contributed by atoms with Crippen LogP contribution >= 0.6 is 0 Å². The third-order valence-corrected chi connectivity index (χ3v) is 2.29. The molecule has 0 amide bonds. The molecule has 132 valence electrons. The van der Waals surface area contributed by atoms with Crippen molar-refractivity contribution in [1.82, 2.24) is 0 Å². The van der Waals surface area contributed by atoms with Gasteiger partial charge in [0.15, 0.2) is 12.2 Å². The van der Waals surface area contributed by atoms with Crippen molar-refractivity contribution in [1.29, 1.82) is 0 Å². The normalized spacial score (nSPS) is 12.7. The molecule has 0 bridgehead atoms. The fraction of sp³-hybridized carbons (Fsp3) is 0.714. The van der Waals surface area contributed by atoms with Crippen LogP contribution in [0.15, 0.2) is 0 Å². The molecule has 0 saturated heterocycles. The minimum atomic E-state index is -0.976. The lowest BCUT2D eigenvalue weighted by atomic mass is 10.4. The Morgan fingerprint density at radius 2 is 1.04 bits per heavy atom. The zero-order valence-corrected chi connectivity index (χ0v) is 13.7. The van der Waals surface area contributed by atoms with E-state index in [9.17, 15) is 19.2 Å². The number of rotatable bonds is 10. The third kappa shape index (κ3) is 11.1. The Labute approximate surface area is 134 Å². The number of hydrogen-bond donors (Lipinski definition) is 0. The summed E-state index contributed by atoms with van der Waals surface area (Å²) in [6, 6.07) is 0. The molecule has 0 aromatic carbocycles. The molecule has 0 spiro atoms. The van der Waals surface area contributed by atoms with Crippen LogP contribution in [0.5, 0.6) is 0 Å². The maximum atomic E-state index is 11.4. The molecule has 2 atom stereocenters. The predicted molar refractivity (Wildman–Crippen MR) is 75.2 cm³/mol. The van der Waals surface area contributed by atoms with E-state index in [0.29, 0.717) is 0 Å². The van der Waals surface area contributed by atoms with Crippen molar-refractivity contribution in [2.45, 2.75) is 39.9 Å². The van der Waals surface area contributed by atoms with Crippen molar-refractivity contribution in [3.63, 3.8) is 0 Å². The highest BCUT2D eigenvalue weighted by atomic mass is 16.6. The number of hydrogen-bond acceptors (Lipinski definition) is 9. The first-order valence-electron chi connectivity index (χ1n) is 6.99. The van der Waals surface area contributed by atoms with Gasteiger partial charge in [0.25, 0.3) is 0 Å². The van der Waals surface area contributed by atoms with Crippen molar-refractivity contribution in [2.75, 3.05) is 26.4 Å². The molecule has 0 aliphatic rings. The van der Waals surface area contributed by atoms with Gasteiger partial charge in [0, 0.05) is 13.8 Å². The summed E-state index contributed by atoms with van der Waals surface area (Å²) in [5.41, 5.74) is 0. The Morgan fingerprint density at radius 3 is 1.35 bits per heavy atom. The molecule has 0 saturated carbocycles. The van der Waals surface area contributed by atoms with Crippen LogP contribution < -0.4 is 0 Å². The molecular weight excluding hydrogens is 312 g/mol. The maximum absolute atomic E-state index is 11.4. The molecule has 0 aromatic heterocycles. The van der Waals surface area contributed by atoms with Crippen molar-refractivity contribution in [3.8, 4) is 0 Å². The van der Waals surface area contributed by atoms with E-state index < -0.39 is 36.1 Å². The average Bonchev–Trinajstić information content (AvgIpc) is 2.44. The Balaban J connectivity index is 3.63. The topological polar surface area (TPSA) is 114 Å². The highest BCUT2D eigenvalue weighted by Crippen LogP contribution is 1.97. The van der Waals surface area contributed by atoms with Gasteiger partial charge in [-0.05, 0) is 13.8 Å². The second-order valence-electron chi connectivity index (χ2n) is 4.45. The van der Waals surface area contributed by atoms with Crippen LogP contribution in [0.3, 0.4) is 0 Å². The summed E-state index contributed by atoms with van der Waals surface area (Å²) < 4.78 is 24.0. The SMILES string of the molecule is CC(=O)OC(C)C(=O)OCCOCCOC(=O)C(C)OC(C)=O. The van der Waals surface area contributed by atoms with E-state index in [-0.39, 0.29) is 26.4 Å². The zero-order valence-electron chi connectivity index (χ0n) is 13.7. The molecule has 2 unspecified atom stereocenters. The van der Waals surface area contributed by atoms with Gasteiger partial charge in [-0.2, -0.15) is 0 Å². The van der Waals surface area contributed by atoms with Crippen LogP contribution in [0.1, 0.15) is 27.7 Å². The van der Waals surface area contributed by atoms with E-state index in [4.69, 9.17) is 14.2 Å². The lowest BCUT2D eigenvalue weighted by Gasteiger charge is -2.12. The zero-order chi connectivity index (χ0) is 17.8. The van der Waals surface area contributed by atoms with E-state index in [2.05, 4.69) is 9.47 Å². The maximum Gasteiger partial charge on any atom is 0.347 e. The van der Waals surface area contributed by atoms with Crippen LogP contribution in [0, 0.1) is 0 Å². The standard InChI is InChI=1S/C14H22O9/c1-9(22-11(3)15)13(17)20-7-5-19-6-8-21-14(18)10(2)23-12(4)16/h9-10H,5-8H2,1-4H3. The first-order valence-corrected chi connectivity index (χ1v) is 6.99. The van der Waals surface area contributed by atoms with Gasteiger partial charge in [-0.25, -0.2) is 9.59 Å². The highest BCUT2D eigenvalue weighted by Gasteiger charge is 2.18. The second kappa shape index (κ2) is 11.4. The molecule has 0 fully saturated rings. The molecule has 9 heteroatoms. The molecule has 0 radical (unpaired) electrons. The summed E-state index contributed by atoms with van der Waals surface area (Å²) in [5, 5.41) is 0. The number of esters is 4. The summed E-state index contributed by atoms with van der Waals surface area (Å²) in [4.78, 5) is 44.0. The molecule has 0 aliphatic carbocycles. The van der Waals surface area contributed by atoms with E-state index >= 15 is 0 Å². The number of carbonyl (C=O) groups excluding carboxylic acids is 4. The lowest BCUT2D eigenvalue weighted by molar-refractivity contribution is -0.167. The minimum Gasteiger partial charge on any atom is -0.461 e. The van der Waals surface area contributed by atoms with Crippen molar-refractivity contribution in [2.24, 2.45) is 0 Å². The van der Waals surface area contributed by atoms with Crippen molar-refractivity contribution >= 4 is 23.9 Å². The summed E-state index contributed by atoms with van der Waals surface area (Å²) in [6.07, 6.45) is -1.95. The van der Waals surface area contributed by atoms with Crippen LogP contribution in [-0.2, 0) is 42.9 Å². The van der Waals surface area contributed by atoms with Crippen LogP contribution in [-0.4, -0.2) is 62.5 Å². The Hall–Kier alpha value is -2.16. The first kappa shape index (κ1) is 20.8. The second-order valence-corrected chi connectivity index (χ2v) is 4.45. The Kier molecular flexibility index (Phi) is 10.3. The molecular formula is C14H22O9. The molecule has 23 heavy (non-hydrogen) atoms. The highest BCUT2D eigenvalue weighted by molar-refractivity contribution is 5.78.